The molecule has 1 aliphatic rings. The molecule has 0 saturated carbocycles. The highest BCUT2D eigenvalue weighted by Gasteiger charge is 2.20. The maximum atomic E-state index is 12.3. The van der Waals surface area contributed by atoms with Crippen molar-refractivity contribution in [1.82, 2.24) is 0 Å². The number of amides is 1. The second kappa shape index (κ2) is 9.93. The van der Waals surface area contributed by atoms with Crippen LogP contribution in [0.15, 0.2) is 48.5 Å². The van der Waals surface area contributed by atoms with Crippen molar-refractivity contribution < 1.29 is 28.5 Å². The van der Waals surface area contributed by atoms with Gasteiger partial charge in [-0.05, 0) is 56.2 Å². The number of ether oxygens (including phenoxy) is 4. The maximum Gasteiger partial charge on any atom is 0.338 e. The predicted molar refractivity (Wildman–Crippen MR) is 107 cm³/mol. The fourth-order valence-electron chi connectivity index (χ4n) is 2.92. The lowest BCUT2D eigenvalue weighted by Gasteiger charge is -2.15. The molecule has 1 aliphatic heterocycles. The fourth-order valence-corrected chi connectivity index (χ4v) is 2.92. The number of nitrogens with one attached hydrogen (secondary N) is 1. The minimum Gasteiger partial charge on any atom is -0.495 e. The van der Waals surface area contributed by atoms with Crippen LogP contribution in [0.3, 0.4) is 0 Å². The van der Waals surface area contributed by atoms with Crippen molar-refractivity contribution in [2.24, 2.45) is 0 Å². The summed E-state index contributed by atoms with van der Waals surface area (Å²) in [6.07, 6.45) is 1.21. The number of hydrogen-bond acceptors (Lipinski definition) is 6. The van der Waals surface area contributed by atoms with Crippen molar-refractivity contribution in [1.29, 1.82) is 0 Å². The SMILES string of the molecule is COc1ccccc1NC(=O)[C@@H](C)OC(=O)c1ccc(OC[C@H]2CCCO2)cc1. The zero-order chi connectivity index (χ0) is 20.6. The zero-order valence-electron chi connectivity index (χ0n) is 16.6. The molecular formula is C22H25NO6. The third-order valence-corrected chi connectivity index (χ3v) is 4.57. The van der Waals surface area contributed by atoms with Crippen molar-refractivity contribution in [2.75, 3.05) is 25.6 Å². The largest absolute Gasteiger partial charge is 0.495 e. The van der Waals surface area contributed by atoms with Gasteiger partial charge in [0.2, 0.25) is 0 Å². The molecule has 1 N–H and O–H groups in total. The maximum absolute atomic E-state index is 12.3. The van der Waals surface area contributed by atoms with Gasteiger partial charge in [-0.2, -0.15) is 0 Å². The monoisotopic (exact) mass is 399 g/mol. The molecule has 1 heterocycles. The number of esters is 1. The molecule has 154 valence electrons. The van der Waals surface area contributed by atoms with Gasteiger partial charge in [-0.1, -0.05) is 12.1 Å². The number of carbonyl (C=O) groups excluding carboxylic acids is 2. The first kappa shape index (κ1) is 20.7. The molecule has 0 unspecified atom stereocenters. The third-order valence-electron chi connectivity index (χ3n) is 4.57. The van der Waals surface area contributed by atoms with Crippen LogP contribution in [-0.2, 0) is 14.3 Å². The van der Waals surface area contributed by atoms with Gasteiger partial charge in [0.05, 0.1) is 24.5 Å². The van der Waals surface area contributed by atoms with Gasteiger partial charge in [-0.25, -0.2) is 4.79 Å². The van der Waals surface area contributed by atoms with Crippen LogP contribution < -0.4 is 14.8 Å². The average Bonchev–Trinajstić information content (AvgIpc) is 3.26. The Bertz CT molecular complexity index is 829. The molecule has 1 saturated heterocycles. The Balaban J connectivity index is 1.51. The van der Waals surface area contributed by atoms with Gasteiger partial charge < -0.3 is 24.3 Å². The van der Waals surface area contributed by atoms with Crippen LogP contribution in [0, 0.1) is 0 Å². The zero-order valence-corrected chi connectivity index (χ0v) is 16.6. The molecule has 0 aromatic heterocycles. The molecule has 2 aromatic rings. The van der Waals surface area contributed by atoms with E-state index in [-0.39, 0.29) is 6.10 Å². The van der Waals surface area contributed by atoms with E-state index in [0.717, 1.165) is 19.4 Å². The minimum atomic E-state index is -0.970. The smallest absolute Gasteiger partial charge is 0.338 e. The summed E-state index contributed by atoms with van der Waals surface area (Å²) in [7, 11) is 1.52. The second-order valence-corrected chi connectivity index (χ2v) is 6.71. The van der Waals surface area contributed by atoms with Crippen LogP contribution in [0.2, 0.25) is 0 Å². The predicted octanol–water partition coefficient (Wildman–Crippen LogP) is 3.44. The van der Waals surface area contributed by atoms with E-state index < -0.39 is 18.0 Å². The summed E-state index contributed by atoms with van der Waals surface area (Å²) in [5.41, 5.74) is 0.849. The molecule has 1 amide bonds. The highest BCUT2D eigenvalue weighted by molar-refractivity contribution is 5.98. The third kappa shape index (κ3) is 5.71. The van der Waals surface area contributed by atoms with E-state index >= 15 is 0 Å². The van der Waals surface area contributed by atoms with E-state index in [2.05, 4.69) is 5.32 Å². The van der Waals surface area contributed by atoms with E-state index in [1.54, 1.807) is 48.5 Å². The van der Waals surface area contributed by atoms with Crippen molar-refractivity contribution in [3.05, 3.63) is 54.1 Å². The van der Waals surface area contributed by atoms with E-state index in [1.807, 2.05) is 0 Å². The molecule has 0 radical (unpaired) electrons. The van der Waals surface area contributed by atoms with Crippen molar-refractivity contribution in [3.63, 3.8) is 0 Å². The highest BCUT2D eigenvalue weighted by atomic mass is 16.5. The van der Waals surface area contributed by atoms with Gasteiger partial charge in [-0.3, -0.25) is 4.79 Å². The van der Waals surface area contributed by atoms with Crippen LogP contribution in [-0.4, -0.2) is 44.4 Å². The lowest BCUT2D eigenvalue weighted by atomic mass is 10.2. The first-order chi connectivity index (χ1) is 14.1. The summed E-state index contributed by atoms with van der Waals surface area (Å²) in [6, 6.07) is 13.6. The van der Waals surface area contributed by atoms with E-state index in [0.29, 0.717) is 29.4 Å². The van der Waals surface area contributed by atoms with Gasteiger partial charge in [0, 0.05) is 6.61 Å². The first-order valence-corrected chi connectivity index (χ1v) is 9.56. The topological polar surface area (TPSA) is 83.1 Å². The summed E-state index contributed by atoms with van der Waals surface area (Å²) < 4.78 is 21.7. The molecule has 7 heteroatoms. The Hall–Kier alpha value is -3.06. The minimum absolute atomic E-state index is 0.127. The molecule has 29 heavy (non-hydrogen) atoms. The Morgan fingerprint density at radius 3 is 2.62 bits per heavy atom. The van der Waals surface area contributed by atoms with Crippen LogP contribution in [0.5, 0.6) is 11.5 Å². The summed E-state index contributed by atoms with van der Waals surface area (Å²) >= 11 is 0. The van der Waals surface area contributed by atoms with E-state index in [4.69, 9.17) is 18.9 Å². The Morgan fingerprint density at radius 2 is 1.93 bits per heavy atom. The lowest BCUT2D eigenvalue weighted by molar-refractivity contribution is -0.123. The van der Waals surface area contributed by atoms with Crippen molar-refractivity contribution in [3.8, 4) is 11.5 Å². The number of hydrogen-bond donors (Lipinski definition) is 1. The molecular weight excluding hydrogens is 374 g/mol. The molecule has 2 aromatic carbocycles. The van der Waals surface area contributed by atoms with Crippen molar-refractivity contribution in [2.45, 2.75) is 32.0 Å². The normalized spacial score (nSPS) is 16.7. The standard InChI is InChI=1S/C22H25NO6/c1-15(21(24)23-19-7-3-4-8-20(19)26-2)29-22(25)16-9-11-17(12-10-16)28-14-18-6-5-13-27-18/h3-4,7-12,15,18H,5-6,13-14H2,1-2H3,(H,23,24)/t15-,18-/m1/s1. The molecule has 0 bridgehead atoms. The number of anilines is 1. The number of methoxy groups -OCH3 is 1. The highest BCUT2D eigenvalue weighted by Crippen LogP contribution is 2.23. The summed E-state index contributed by atoms with van der Waals surface area (Å²) in [5.74, 6) is 0.148. The lowest BCUT2D eigenvalue weighted by Crippen LogP contribution is -2.30. The van der Waals surface area contributed by atoms with Crippen LogP contribution in [0.25, 0.3) is 0 Å². The molecule has 0 spiro atoms. The van der Waals surface area contributed by atoms with Gasteiger partial charge in [0.1, 0.15) is 18.1 Å². The first-order valence-electron chi connectivity index (χ1n) is 9.56. The second-order valence-electron chi connectivity index (χ2n) is 6.71. The fraction of sp³-hybridized carbons (Fsp3) is 0.364. The molecule has 7 nitrogen and oxygen atoms in total. The molecule has 2 atom stereocenters. The molecule has 0 aliphatic carbocycles. The number of carbonyl (C=O) groups is 2. The summed E-state index contributed by atoms with van der Waals surface area (Å²) in [4.78, 5) is 24.7. The number of para-hydroxylation sites is 2. The Kier molecular flexibility index (Phi) is 7.08. The van der Waals surface area contributed by atoms with Crippen LogP contribution in [0.1, 0.15) is 30.1 Å². The number of rotatable bonds is 8. The summed E-state index contributed by atoms with van der Waals surface area (Å²) in [6.45, 7) is 2.79. The molecule has 3 rings (SSSR count). The van der Waals surface area contributed by atoms with Crippen molar-refractivity contribution >= 4 is 17.6 Å². The Morgan fingerprint density at radius 1 is 1.17 bits per heavy atom. The van der Waals surface area contributed by atoms with Crippen LogP contribution in [0.4, 0.5) is 5.69 Å². The Labute approximate surface area is 169 Å². The van der Waals surface area contributed by atoms with Crippen LogP contribution >= 0.6 is 0 Å². The number of benzene rings is 2. The van der Waals surface area contributed by atoms with E-state index in [9.17, 15) is 9.59 Å². The quantitative estimate of drug-likeness (QED) is 0.685. The van der Waals surface area contributed by atoms with Gasteiger partial charge in [0.25, 0.3) is 5.91 Å². The van der Waals surface area contributed by atoms with Gasteiger partial charge in [0.15, 0.2) is 6.10 Å². The summed E-state index contributed by atoms with van der Waals surface area (Å²) in [5, 5.41) is 2.70. The van der Waals surface area contributed by atoms with Gasteiger partial charge >= 0.3 is 5.97 Å². The van der Waals surface area contributed by atoms with E-state index in [1.165, 1.54) is 14.0 Å². The average molecular weight is 399 g/mol. The van der Waals surface area contributed by atoms with Gasteiger partial charge in [-0.15, -0.1) is 0 Å². The molecule has 1 fully saturated rings.